The van der Waals surface area contributed by atoms with Crippen molar-refractivity contribution in [2.75, 3.05) is 6.54 Å². The highest BCUT2D eigenvalue weighted by molar-refractivity contribution is 7.57. The van der Waals surface area contributed by atoms with Crippen molar-refractivity contribution in [1.29, 1.82) is 0 Å². The lowest BCUT2D eigenvalue weighted by Gasteiger charge is -2.07. The monoisotopic (exact) mass is 116 g/mol. The van der Waals surface area contributed by atoms with Crippen LogP contribution in [0.15, 0.2) is 8.73 Å². The largest absolute Gasteiger partial charge is 0.211 e. The fourth-order valence-electron chi connectivity index (χ4n) is 0.355. The molecular weight excluding hydrogens is 108 g/mol. The predicted molar refractivity (Wildman–Crippen MR) is 31.2 cm³/mol. The molecule has 0 aliphatic carbocycles. The molecule has 0 aromatic carbocycles. The first kappa shape index (κ1) is 4.97. The second-order valence-corrected chi connectivity index (χ2v) is 2.88. The molecule has 7 heavy (non-hydrogen) atoms. The van der Waals surface area contributed by atoms with Crippen molar-refractivity contribution in [3.8, 4) is 0 Å². The van der Waals surface area contributed by atoms with Crippen LogP contribution in [0.1, 0.15) is 13.8 Å². The zero-order chi connectivity index (χ0) is 5.33. The van der Waals surface area contributed by atoms with Crippen LogP contribution in [0.25, 0.3) is 0 Å². The summed E-state index contributed by atoms with van der Waals surface area (Å²) in [6.45, 7) is 5.03. The Morgan fingerprint density at radius 1 is 1.57 bits per heavy atom. The molecule has 0 spiro atoms. The summed E-state index contributed by atoms with van der Waals surface area (Å²) in [5, 5.41) is 0. The molecule has 0 N–H and O–H groups in total. The maximum Gasteiger partial charge on any atom is 0.0894 e. The third-order valence-corrected chi connectivity index (χ3v) is 1.62. The topological polar surface area (TPSA) is 24.7 Å². The van der Waals surface area contributed by atoms with Crippen LogP contribution in [0, 0.1) is 0 Å². The van der Waals surface area contributed by atoms with Gasteiger partial charge in [-0.15, -0.1) is 0 Å². The number of rotatable bonds is 0. The molecule has 1 heterocycles. The SMILES string of the molecule is CC1(C)CN=S=N1. The van der Waals surface area contributed by atoms with Crippen molar-refractivity contribution < 1.29 is 0 Å². The van der Waals surface area contributed by atoms with Crippen molar-refractivity contribution >= 4 is 11.4 Å². The maximum absolute atomic E-state index is 4.12. The van der Waals surface area contributed by atoms with Crippen LogP contribution in [0.2, 0.25) is 0 Å². The molecule has 0 amide bonds. The van der Waals surface area contributed by atoms with Crippen LogP contribution in [0.3, 0.4) is 0 Å². The molecule has 0 atom stereocenters. The molecule has 1 aliphatic rings. The first-order chi connectivity index (χ1) is 3.21. The van der Waals surface area contributed by atoms with E-state index in [4.69, 9.17) is 0 Å². The van der Waals surface area contributed by atoms with E-state index in [0.29, 0.717) is 0 Å². The first-order valence-corrected chi connectivity index (χ1v) is 2.99. The minimum atomic E-state index is 0.116. The molecule has 2 nitrogen and oxygen atoms in total. The van der Waals surface area contributed by atoms with E-state index in [1.165, 1.54) is 11.4 Å². The van der Waals surface area contributed by atoms with Crippen LogP contribution in [-0.2, 0) is 11.4 Å². The first-order valence-electron chi connectivity index (χ1n) is 2.26. The maximum atomic E-state index is 4.12. The Morgan fingerprint density at radius 3 is 2.43 bits per heavy atom. The molecule has 1 aliphatic heterocycles. The normalized spacial score (nSPS) is 24.9. The van der Waals surface area contributed by atoms with Crippen LogP contribution in [0.5, 0.6) is 0 Å². The average molecular weight is 116 g/mol. The Kier molecular flexibility index (Phi) is 0.995. The average Bonchev–Trinajstić information content (AvgIpc) is 1.84. The van der Waals surface area contributed by atoms with Gasteiger partial charge in [0.25, 0.3) is 0 Å². The molecule has 0 radical (unpaired) electrons. The van der Waals surface area contributed by atoms with Crippen molar-refractivity contribution in [2.24, 2.45) is 8.73 Å². The molecule has 0 aromatic rings. The van der Waals surface area contributed by atoms with E-state index in [1.807, 2.05) is 0 Å². The standard InChI is InChI=1S/C4H8N2S/c1-4(2)3-5-7-6-4/h3H2,1-2H3. The van der Waals surface area contributed by atoms with Crippen LogP contribution in [0.4, 0.5) is 0 Å². The molecule has 0 bridgehead atoms. The molecule has 40 valence electrons. The molecule has 0 fully saturated rings. The Balaban J connectivity index is 2.69. The van der Waals surface area contributed by atoms with Gasteiger partial charge in [0.2, 0.25) is 0 Å². The highest BCUT2D eigenvalue weighted by atomic mass is 32.1. The van der Waals surface area contributed by atoms with E-state index in [-0.39, 0.29) is 5.54 Å². The van der Waals surface area contributed by atoms with Gasteiger partial charge in [0.05, 0.1) is 23.4 Å². The van der Waals surface area contributed by atoms with E-state index < -0.39 is 0 Å². The van der Waals surface area contributed by atoms with E-state index in [9.17, 15) is 0 Å². The lowest BCUT2D eigenvalue weighted by molar-refractivity contribution is 0.561. The highest BCUT2D eigenvalue weighted by Gasteiger charge is 2.17. The van der Waals surface area contributed by atoms with Gasteiger partial charge in [0, 0.05) is 0 Å². The van der Waals surface area contributed by atoms with Crippen molar-refractivity contribution in [3.05, 3.63) is 0 Å². The van der Waals surface area contributed by atoms with Gasteiger partial charge in [-0.2, -0.15) is 0 Å². The van der Waals surface area contributed by atoms with Gasteiger partial charge < -0.3 is 0 Å². The molecule has 1 rings (SSSR count). The Bertz CT molecular complexity index is 133. The molecule has 0 unspecified atom stereocenters. The van der Waals surface area contributed by atoms with Gasteiger partial charge in [-0.3, -0.25) is 0 Å². The molecule has 3 heteroatoms. The summed E-state index contributed by atoms with van der Waals surface area (Å²) >= 11 is 1.33. The minimum Gasteiger partial charge on any atom is -0.211 e. The molecular formula is C4H8N2S. The minimum absolute atomic E-state index is 0.116. The summed E-state index contributed by atoms with van der Waals surface area (Å²) in [6.07, 6.45) is 0. The second kappa shape index (κ2) is 1.40. The zero-order valence-corrected chi connectivity index (χ0v) is 5.33. The van der Waals surface area contributed by atoms with Gasteiger partial charge in [-0.1, -0.05) is 0 Å². The van der Waals surface area contributed by atoms with Gasteiger partial charge in [0.1, 0.15) is 0 Å². The Hall–Kier alpha value is -0.180. The quantitative estimate of drug-likeness (QED) is 0.454. The smallest absolute Gasteiger partial charge is 0.0894 e. The van der Waals surface area contributed by atoms with E-state index in [2.05, 4.69) is 22.6 Å². The summed E-state index contributed by atoms with van der Waals surface area (Å²) in [7, 11) is 0. The lowest BCUT2D eigenvalue weighted by atomic mass is 10.1. The van der Waals surface area contributed by atoms with Crippen LogP contribution < -0.4 is 0 Å². The number of hydrogen-bond acceptors (Lipinski definition) is 2. The third-order valence-electron chi connectivity index (χ3n) is 0.797. The summed E-state index contributed by atoms with van der Waals surface area (Å²) in [4.78, 5) is 0. The third kappa shape index (κ3) is 1.09. The fourth-order valence-corrected chi connectivity index (χ4v) is 1.07. The predicted octanol–water partition coefficient (Wildman–Crippen LogP) is 1.23. The highest BCUT2D eigenvalue weighted by Crippen LogP contribution is 2.11. The van der Waals surface area contributed by atoms with E-state index in [1.54, 1.807) is 0 Å². The van der Waals surface area contributed by atoms with E-state index in [0.717, 1.165) is 6.54 Å². The summed E-state index contributed by atoms with van der Waals surface area (Å²) in [6, 6.07) is 0. The number of nitrogens with zero attached hydrogens (tertiary/aromatic N) is 2. The van der Waals surface area contributed by atoms with Crippen molar-refractivity contribution in [2.45, 2.75) is 19.4 Å². The summed E-state index contributed by atoms with van der Waals surface area (Å²) < 4.78 is 8.10. The Morgan fingerprint density at radius 2 is 2.29 bits per heavy atom. The Labute approximate surface area is 46.8 Å². The van der Waals surface area contributed by atoms with Crippen LogP contribution in [-0.4, -0.2) is 12.1 Å². The number of hydrogen-bond donors (Lipinski definition) is 0. The zero-order valence-electron chi connectivity index (χ0n) is 4.51. The van der Waals surface area contributed by atoms with Gasteiger partial charge in [0.15, 0.2) is 0 Å². The molecule has 0 saturated carbocycles. The molecule has 0 aromatic heterocycles. The summed E-state index contributed by atoms with van der Waals surface area (Å²) in [5.74, 6) is 0. The van der Waals surface area contributed by atoms with Crippen LogP contribution >= 0.6 is 0 Å². The van der Waals surface area contributed by atoms with E-state index >= 15 is 0 Å². The van der Waals surface area contributed by atoms with Gasteiger partial charge >= 0.3 is 0 Å². The lowest BCUT2D eigenvalue weighted by Crippen LogP contribution is -2.16. The van der Waals surface area contributed by atoms with Gasteiger partial charge in [-0.25, -0.2) is 8.73 Å². The fraction of sp³-hybridized carbons (Fsp3) is 1.00. The van der Waals surface area contributed by atoms with Crippen molar-refractivity contribution in [3.63, 3.8) is 0 Å². The second-order valence-electron chi connectivity index (χ2n) is 2.27. The van der Waals surface area contributed by atoms with Crippen molar-refractivity contribution in [1.82, 2.24) is 0 Å². The summed E-state index contributed by atoms with van der Waals surface area (Å²) in [5.41, 5.74) is 0.116. The molecule has 0 saturated heterocycles. The van der Waals surface area contributed by atoms with Gasteiger partial charge in [-0.05, 0) is 13.8 Å².